The number of hydrogen-bond donors (Lipinski definition) is 2. The van der Waals surface area contributed by atoms with E-state index in [9.17, 15) is 5.11 Å². The molecule has 0 aromatic carbocycles. The van der Waals surface area contributed by atoms with Gasteiger partial charge < -0.3 is 15.3 Å². The van der Waals surface area contributed by atoms with Crippen molar-refractivity contribution in [3.8, 4) is 0 Å². The van der Waals surface area contributed by atoms with Crippen molar-refractivity contribution >= 4 is 0 Å². The molecule has 0 aromatic heterocycles. The summed E-state index contributed by atoms with van der Waals surface area (Å²) >= 11 is 0. The highest BCUT2D eigenvalue weighted by Crippen LogP contribution is 2.11. The van der Waals surface area contributed by atoms with Crippen LogP contribution in [0.5, 0.6) is 0 Å². The van der Waals surface area contributed by atoms with Crippen molar-refractivity contribution in [2.45, 2.75) is 58.6 Å². The highest BCUT2D eigenvalue weighted by atomic mass is 16.3. The average molecular weight is 242 g/mol. The van der Waals surface area contributed by atoms with Crippen molar-refractivity contribution in [1.29, 1.82) is 0 Å². The van der Waals surface area contributed by atoms with E-state index < -0.39 is 0 Å². The van der Waals surface area contributed by atoms with E-state index in [1.54, 1.807) is 0 Å². The van der Waals surface area contributed by atoms with E-state index in [0.717, 1.165) is 13.0 Å². The van der Waals surface area contributed by atoms with Crippen molar-refractivity contribution in [3.63, 3.8) is 0 Å². The van der Waals surface area contributed by atoms with Gasteiger partial charge in [-0.25, -0.2) is 0 Å². The van der Waals surface area contributed by atoms with Crippen LogP contribution in [0.3, 0.4) is 0 Å². The number of nitrogens with one attached hydrogen (secondary N) is 1. The molecule has 1 rings (SSSR count). The lowest BCUT2D eigenvalue weighted by Crippen LogP contribution is -2.36. The van der Waals surface area contributed by atoms with E-state index >= 15 is 0 Å². The number of nitrogens with zero attached hydrogens (tertiary/aromatic N) is 1. The number of rotatable bonds is 6. The van der Waals surface area contributed by atoms with E-state index in [4.69, 9.17) is 0 Å². The maximum Gasteiger partial charge on any atom is 0.0667 e. The normalized spacial score (nSPS) is 24.9. The van der Waals surface area contributed by atoms with Gasteiger partial charge in [-0.3, -0.25) is 0 Å². The van der Waals surface area contributed by atoms with Crippen LogP contribution in [0.4, 0.5) is 0 Å². The summed E-state index contributed by atoms with van der Waals surface area (Å²) < 4.78 is 0. The summed E-state index contributed by atoms with van der Waals surface area (Å²) in [5.74, 6) is 0.580. The molecule has 2 atom stereocenters. The Morgan fingerprint density at radius 1 is 1.29 bits per heavy atom. The van der Waals surface area contributed by atoms with Crippen molar-refractivity contribution < 1.29 is 5.11 Å². The molecule has 0 aliphatic carbocycles. The first kappa shape index (κ1) is 14.9. The van der Waals surface area contributed by atoms with Crippen LogP contribution in [0.1, 0.15) is 46.5 Å². The average Bonchev–Trinajstić information content (AvgIpc) is 2.50. The molecule has 2 unspecified atom stereocenters. The van der Waals surface area contributed by atoms with Gasteiger partial charge in [-0.2, -0.15) is 0 Å². The minimum absolute atomic E-state index is 0.180. The van der Waals surface area contributed by atoms with E-state index in [1.807, 2.05) is 0 Å². The van der Waals surface area contributed by atoms with Gasteiger partial charge in [-0.15, -0.1) is 0 Å². The molecule has 0 bridgehead atoms. The Kier molecular flexibility index (Phi) is 7.09. The zero-order valence-electron chi connectivity index (χ0n) is 11.8. The van der Waals surface area contributed by atoms with Crippen LogP contribution in [-0.2, 0) is 0 Å². The van der Waals surface area contributed by atoms with Crippen molar-refractivity contribution in [2.75, 3.05) is 26.2 Å². The summed E-state index contributed by atoms with van der Waals surface area (Å²) in [6, 6.07) is 0.605. The molecule has 1 heterocycles. The Morgan fingerprint density at radius 2 is 2.06 bits per heavy atom. The highest BCUT2D eigenvalue weighted by Gasteiger charge is 2.16. The van der Waals surface area contributed by atoms with E-state index in [-0.39, 0.29) is 6.10 Å². The largest absolute Gasteiger partial charge is 0.392 e. The lowest BCUT2D eigenvalue weighted by Gasteiger charge is -2.20. The third-order valence-electron chi connectivity index (χ3n) is 3.65. The summed E-state index contributed by atoms with van der Waals surface area (Å²) in [5.41, 5.74) is 0. The second-order valence-corrected chi connectivity index (χ2v) is 5.75. The van der Waals surface area contributed by atoms with Gasteiger partial charge in [0, 0.05) is 12.6 Å². The molecule has 0 aromatic rings. The monoisotopic (exact) mass is 242 g/mol. The number of aliphatic hydroxyl groups is 1. The van der Waals surface area contributed by atoms with E-state index in [2.05, 4.69) is 31.0 Å². The second kappa shape index (κ2) is 8.06. The predicted octanol–water partition coefficient (Wildman–Crippen LogP) is 1.86. The van der Waals surface area contributed by atoms with Crippen LogP contribution in [0, 0.1) is 5.92 Å². The topological polar surface area (TPSA) is 35.5 Å². The summed E-state index contributed by atoms with van der Waals surface area (Å²) in [6.07, 6.45) is 4.49. The molecule has 3 heteroatoms. The van der Waals surface area contributed by atoms with Crippen LogP contribution < -0.4 is 5.32 Å². The minimum Gasteiger partial charge on any atom is -0.392 e. The Bertz CT molecular complexity index is 197. The van der Waals surface area contributed by atoms with Gasteiger partial charge in [0.1, 0.15) is 0 Å². The molecule has 1 aliphatic heterocycles. The summed E-state index contributed by atoms with van der Waals surface area (Å²) in [7, 11) is 0. The molecular weight excluding hydrogens is 212 g/mol. The first-order chi connectivity index (χ1) is 8.11. The van der Waals surface area contributed by atoms with Gasteiger partial charge in [0.05, 0.1) is 6.10 Å². The first-order valence-corrected chi connectivity index (χ1v) is 7.25. The molecule has 0 spiro atoms. The molecule has 0 radical (unpaired) electrons. The summed E-state index contributed by atoms with van der Waals surface area (Å²) in [4.78, 5) is 2.52. The Hall–Kier alpha value is -0.120. The lowest BCUT2D eigenvalue weighted by atomic mass is 10.0. The van der Waals surface area contributed by atoms with E-state index in [0.29, 0.717) is 12.0 Å². The van der Waals surface area contributed by atoms with Gasteiger partial charge >= 0.3 is 0 Å². The fourth-order valence-corrected chi connectivity index (χ4v) is 2.61. The van der Waals surface area contributed by atoms with Gasteiger partial charge in [0.15, 0.2) is 0 Å². The maximum atomic E-state index is 9.85. The first-order valence-electron chi connectivity index (χ1n) is 7.25. The Labute approximate surface area is 107 Å². The molecule has 0 amide bonds. The molecule has 102 valence electrons. The Morgan fingerprint density at radius 3 is 2.71 bits per heavy atom. The van der Waals surface area contributed by atoms with Crippen LogP contribution in [0.2, 0.25) is 0 Å². The van der Waals surface area contributed by atoms with Crippen molar-refractivity contribution in [3.05, 3.63) is 0 Å². The van der Waals surface area contributed by atoms with Gasteiger partial charge in [0.25, 0.3) is 0 Å². The van der Waals surface area contributed by atoms with Crippen LogP contribution >= 0.6 is 0 Å². The molecule has 1 fully saturated rings. The molecule has 2 N–H and O–H groups in total. The van der Waals surface area contributed by atoms with Gasteiger partial charge in [0.2, 0.25) is 0 Å². The smallest absolute Gasteiger partial charge is 0.0667 e. The van der Waals surface area contributed by atoms with Crippen LogP contribution in [-0.4, -0.2) is 48.3 Å². The fourth-order valence-electron chi connectivity index (χ4n) is 2.61. The molecular formula is C14H30N2O. The van der Waals surface area contributed by atoms with Crippen molar-refractivity contribution in [1.82, 2.24) is 10.2 Å². The molecule has 0 saturated carbocycles. The second-order valence-electron chi connectivity index (χ2n) is 5.75. The standard InChI is InChI=1S/C14H30N2O/c1-4-16-8-5-6-13(7-9-16)15-11-14(17)10-12(2)3/h12-15,17H,4-11H2,1-3H3. The highest BCUT2D eigenvalue weighted by molar-refractivity contribution is 4.75. The number of likely N-dealkylation sites (tertiary alicyclic amines) is 1. The third kappa shape index (κ3) is 6.39. The fraction of sp³-hybridized carbons (Fsp3) is 1.00. The number of aliphatic hydroxyl groups excluding tert-OH is 1. The Balaban J connectivity index is 2.18. The third-order valence-corrected chi connectivity index (χ3v) is 3.65. The zero-order valence-corrected chi connectivity index (χ0v) is 11.8. The maximum absolute atomic E-state index is 9.85. The number of hydrogen-bond acceptors (Lipinski definition) is 3. The lowest BCUT2D eigenvalue weighted by molar-refractivity contribution is 0.141. The molecule has 17 heavy (non-hydrogen) atoms. The summed E-state index contributed by atoms with van der Waals surface area (Å²) in [6.45, 7) is 10.9. The van der Waals surface area contributed by atoms with Gasteiger partial charge in [-0.05, 0) is 51.2 Å². The van der Waals surface area contributed by atoms with E-state index in [1.165, 1.54) is 38.9 Å². The van der Waals surface area contributed by atoms with Crippen molar-refractivity contribution in [2.24, 2.45) is 5.92 Å². The SMILES string of the molecule is CCN1CCCC(NCC(O)CC(C)C)CC1. The quantitative estimate of drug-likeness (QED) is 0.746. The minimum atomic E-state index is -0.180. The predicted molar refractivity (Wildman–Crippen MR) is 73.2 cm³/mol. The van der Waals surface area contributed by atoms with Crippen LogP contribution in [0.25, 0.3) is 0 Å². The summed E-state index contributed by atoms with van der Waals surface area (Å²) in [5, 5.41) is 13.4. The molecule has 3 nitrogen and oxygen atoms in total. The molecule has 1 aliphatic rings. The van der Waals surface area contributed by atoms with Gasteiger partial charge in [-0.1, -0.05) is 20.8 Å². The van der Waals surface area contributed by atoms with Crippen LogP contribution in [0.15, 0.2) is 0 Å². The molecule has 1 saturated heterocycles. The zero-order chi connectivity index (χ0) is 12.7.